The highest BCUT2D eigenvalue weighted by Crippen LogP contribution is 2.19. The van der Waals surface area contributed by atoms with Crippen LogP contribution in [0.5, 0.6) is 0 Å². The maximum atomic E-state index is 13.2. The lowest BCUT2D eigenvalue weighted by Crippen LogP contribution is -2.05. The van der Waals surface area contributed by atoms with Crippen LogP contribution in [0.1, 0.15) is 23.6 Å². The molecule has 3 rings (SSSR count). The van der Waals surface area contributed by atoms with Crippen molar-refractivity contribution in [3.8, 4) is 0 Å². The topological polar surface area (TPSA) is 38.7 Å². The molecular formula is C18H14FNO2. The van der Waals surface area contributed by atoms with E-state index in [1.807, 2.05) is 24.3 Å². The largest absolute Gasteiger partial charge is 0.402 e. The zero-order valence-corrected chi connectivity index (χ0v) is 12.0. The minimum absolute atomic E-state index is 0.126. The second kappa shape index (κ2) is 5.93. The van der Waals surface area contributed by atoms with Gasteiger partial charge in [-0.1, -0.05) is 37.3 Å². The molecule has 1 aliphatic rings. The molecule has 22 heavy (non-hydrogen) atoms. The molecule has 0 N–H and O–H groups in total. The quantitative estimate of drug-likeness (QED) is 0.639. The van der Waals surface area contributed by atoms with Gasteiger partial charge in [0.05, 0.1) is 0 Å². The van der Waals surface area contributed by atoms with Crippen molar-refractivity contribution in [1.82, 2.24) is 0 Å². The average molecular weight is 295 g/mol. The SMILES string of the molecule is CCc1ccc(/C=C2/N=C(c3cccc(F)c3)OC2=O)cc1. The summed E-state index contributed by atoms with van der Waals surface area (Å²) in [6, 6.07) is 13.7. The minimum atomic E-state index is -0.529. The van der Waals surface area contributed by atoms with Gasteiger partial charge in [0.25, 0.3) is 0 Å². The highest BCUT2D eigenvalue weighted by atomic mass is 19.1. The number of hydrogen-bond donors (Lipinski definition) is 0. The second-order valence-electron chi connectivity index (χ2n) is 4.94. The van der Waals surface area contributed by atoms with Gasteiger partial charge >= 0.3 is 5.97 Å². The first kappa shape index (κ1) is 14.2. The molecule has 0 amide bonds. The molecule has 0 unspecified atom stereocenters. The minimum Gasteiger partial charge on any atom is -0.402 e. The van der Waals surface area contributed by atoms with Crippen molar-refractivity contribution in [2.45, 2.75) is 13.3 Å². The molecule has 0 spiro atoms. The Labute approximate surface area is 127 Å². The van der Waals surface area contributed by atoms with Crippen molar-refractivity contribution >= 4 is 17.9 Å². The Morgan fingerprint density at radius 3 is 2.64 bits per heavy atom. The van der Waals surface area contributed by atoms with Crippen LogP contribution in [0.4, 0.5) is 4.39 Å². The van der Waals surface area contributed by atoms with E-state index in [0.29, 0.717) is 5.56 Å². The number of nitrogens with zero attached hydrogens (tertiary/aromatic N) is 1. The molecule has 0 fully saturated rings. The summed E-state index contributed by atoms with van der Waals surface area (Å²) in [4.78, 5) is 16.0. The summed E-state index contributed by atoms with van der Waals surface area (Å²) in [5.41, 5.74) is 2.75. The van der Waals surface area contributed by atoms with E-state index in [4.69, 9.17) is 4.74 Å². The monoisotopic (exact) mass is 295 g/mol. The van der Waals surface area contributed by atoms with E-state index >= 15 is 0 Å². The van der Waals surface area contributed by atoms with Crippen molar-refractivity contribution in [3.63, 3.8) is 0 Å². The standard InChI is InChI=1S/C18H14FNO2/c1-2-12-6-8-13(9-7-12)10-16-18(21)22-17(20-16)14-4-3-5-15(19)11-14/h3-11H,2H2,1H3/b16-10+. The van der Waals surface area contributed by atoms with E-state index < -0.39 is 11.8 Å². The highest BCUT2D eigenvalue weighted by Gasteiger charge is 2.24. The summed E-state index contributed by atoms with van der Waals surface area (Å²) in [6.07, 6.45) is 2.62. The van der Waals surface area contributed by atoms with Crippen LogP contribution in [-0.2, 0) is 16.0 Å². The lowest BCUT2D eigenvalue weighted by molar-refractivity contribution is -0.129. The Bertz CT molecular complexity index is 776. The molecule has 1 aliphatic heterocycles. The number of aliphatic imine (C=N–C) groups is 1. The van der Waals surface area contributed by atoms with Gasteiger partial charge in [0.15, 0.2) is 5.70 Å². The molecule has 110 valence electrons. The zero-order valence-electron chi connectivity index (χ0n) is 12.0. The summed E-state index contributed by atoms with van der Waals surface area (Å²) in [7, 11) is 0. The van der Waals surface area contributed by atoms with Crippen molar-refractivity contribution in [1.29, 1.82) is 0 Å². The van der Waals surface area contributed by atoms with Gasteiger partial charge in [-0.25, -0.2) is 14.2 Å². The normalized spacial score (nSPS) is 15.8. The Balaban J connectivity index is 1.90. The van der Waals surface area contributed by atoms with Gasteiger partial charge in [-0.05, 0) is 41.8 Å². The number of carbonyl (C=O) groups is 1. The molecule has 0 saturated carbocycles. The predicted octanol–water partition coefficient (Wildman–Crippen LogP) is 3.73. The van der Waals surface area contributed by atoms with Crippen molar-refractivity contribution in [2.24, 2.45) is 4.99 Å². The third kappa shape index (κ3) is 2.96. The van der Waals surface area contributed by atoms with Gasteiger partial charge in [0.1, 0.15) is 5.82 Å². The van der Waals surface area contributed by atoms with Crippen LogP contribution in [0.25, 0.3) is 6.08 Å². The van der Waals surface area contributed by atoms with E-state index in [2.05, 4.69) is 11.9 Å². The number of carbonyl (C=O) groups excluding carboxylic acids is 1. The lowest BCUT2D eigenvalue weighted by atomic mass is 10.1. The number of halogens is 1. The number of rotatable bonds is 3. The van der Waals surface area contributed by atoms with Crippen molar-refractivity contribution in [2.75, 3.05) is 0 Å². The molecule has 0 aliphatic carbocycles. The average Bonchev–Trinajstić information content (AvgIpc) is 2.89. The van der Waals surface area contributed by atoms with E-state index in [0.717, 1.165) is 12.0 Å². The number of aryl methyl sites for hydroxylation is 1. The number of cyclic esters (lactones) is 1. The van der Waals surface area contributed by atoms with Gasteiger partial charge in [-0.2, -0.15) is 0 Å². The molecular weight excluding hydrogens is 281 g/mol. The first-order valence-electron chi connectivity index (χ1n) is 7.03. The van der Waals surface area contributed by atoms with Crippen LogP contribution >= 0.6 is 0 Å². The molecule has 4 heteroatoms. The predicted molar refractivity (Wildman–Crippen MR) is 82.8 cm³/mol. The summed E-state index contributed by atoms with van der Waals surface area (Å²) < 4.78 is 18.3. The summed E-state index contributed by atoms with van der Waals surface area (Å²) in [5, 5.41) is 0. The fraction of sp³-hybridized carbons (Fsp3) is 0.111. The highest BCUT2D eigenvalue weighted by molar-refractivity contribution is 6.12. The van der Waals surface area contributed by atoms with Crippen molar-refractivity contribution in [3.05, 3.63) is 76.7 Å². The van der Waals surface area contributed by atoms with Gasteiger partial charge in [0, 0.05) is 5.56 Å². The van der Waals surface area contributed by atoms with Gasteiger partial charge in [-0.15, -0.1) is 0 Å². The fourth-order valence-corrected chi connectivity index (χ4v) is 2.16. The zero-order chi connectivity index (χ0) is 15.5. The maximum absolute atomic E-state index is 13.2. The number of hydrogen-bond acceptors (Lipinski definition) is 3. The maximum Gasteiger partial charge on any atom is 0.363 e. The first-order chi connectivity index (χ1) is 10.7. The van der Waals surface area contributed by atoms with Crippen LogP contribution in [0.15, 0.2) is 59.2 Å². The summed E-state index contributed by atoms with van der Waals surface area (Å²) in [6.45, 7) is 2.08. The molecule has 2 aromatic carbocycles. The third-order valence-corrected chi connectivity index (χ3v) is 3.38. The first-order valence-corrected chi connectivity index (χ1v) is 7.03. The van der Waals surface area contributed by atoms with E-state index in [1.54, 1.807) is 18.2 Å². The van der Waals surface area contributed by atoms with E-state index in [1.165, 1.54) is 17.7 Å². The number of esters is 1. The van der Waals surface area contributed by atoms with E-state index in [-0.39, 0.29) is 11.6 Å². The van der Waals surface area contributed by atoms with Gasteiger partial charge in [-0.3, -0.25) is 0 Å². The third-order valence-electron chi connectivity index (χ3n) is 3.38. The van der Waals surface area contributed by atoms with Crippen LogP contribution in [0, 0.1) is 5.82 Å². The molecule has 0 bridgehead atoms. The molecule has 0 radical (unpaired) electrons. The van der Waals surface area contributed by atoms with Crippen LogP contribution in [0.3, 0.4) is 0 Å². The van der Waals surface area contributed by atoms with Crippen LogP contribution in [-0.4, -0.2) is 11.9 Å². The van der Waals surface area contributed by atoms with Gasteiger partial charge in [0.2, 0.25) is 5.90 Å². The van der Waals surface area contributed by atoms with Gasteiger partial charge < -0.3 is 4.74 Å². The lowest BCUT2D eigenvalue weighted by Gasteiger charge is -1.98. The van der Waals surface area contributed by atoms with E-state index in [9.17, 15) is 9.18 Å². The summed E-state index contributed by atoms with van der Waals surface area (Å²) in [5.74, 6) is -0.802. The molecule has 3 nitrogen and oxygen atoms in total. The Kier molecular flexibility index (Phi) is 3.83. The molecule has 0 aromatic heterocycles. The summed E-state index contributed by atoms with van der Waals surface area (Å²) >= 11 is 0. The van der Waals surface area contributed by atoms with Crippen LogP contribution in [0.2, 0.25) is 0 Å². The Morgan fingerprint density at radius 2 is 1.95 bits per heavy atom. The fourth-order valence-electron chi connectivity index (χ4n) is 2.16. The second-order valence-corrected chi connectivity index (χ2v) is 4.94. The molecule has 2 aromatic rings. The number of benzene rings is 2. The molecule has 0 atom stereocenters. The Hall–Kier alpha value is -2.75. The van der Waals surface area contributed by atoms with Crippen molar-refractivity contribution < 1.29 is 13.9 Å². The smallest absolute Gasteiger partial charge is 0.363 e. The Morgan fingerprint density at radius 1 is 1.18 bits per heavy atom. The van der Waals surface area contributed by atoms with Crippen LogP contribution < -0.4 is 0 Å². The molecule has 0 saturated heterocycles. The number of ether oxygens (including phenoxy) is 1. The molecule has 1 heterocycles.